The van der Waals surface area contributed by atoms with Gasteiger partial charge in [0.05, 0.1) is 18.3 Å². The Bertz CT molecular complexity index is 1140. The van der Waals surface area contributed by atoms with Gasteiger partial charge in [0.25, 0.3) is 0 Å². The molecule has 3 aromatic rings. The van der Waals surface area contributed by atoms with Crippen LogP contribution in [0.2, 0.25) is 0 Å². The van der Waals surface area contributed by atoms with E-state index in [0.717, 1.165) is 0 Å². The van der Waals surface area contributed by atoms with Gasteiger partial charge in [-0.1, -0.05) is 6.07 Å². The Morgan fingerprint density at radius 1 is 1.16 bits per heavy atom. The van der Waals surface area contributed by atoms with E-state index in [2.05, 4.69) is 9.98 Å². The zero-order chi connectivity index (χ0) is 22.3. The molecule has 1 aromatic heterocycles. The molecule has 162 valence electrons. The van der Waals surface area contributed by atoms with Gasteiger partial charge in [-0.15, -0.1) is 0 Å². The fourth-order valence-electron chi connectivity index (χ4n) is 3.90. The van der Waals surface area contributed by atoms with Gasteiger partial charge in [0.2, 0.25) is 0 Å². The van der Waals surface area contributed by atoms with Crippen molar-refractivity contribution in [1.29, 1.82) is 0 Å². The zero-order valence-electron chi connectivity index (χ0n) is 16.7. The number of nitrogens with zero attached hydrogens (tertiary/aromatic N) is 2. The van der Waals surface area contributed by atoms with Crippen molar-refractivity contribution in [3.8, 4) is 5.75 Å². The topological polar surface area (TPSA) is 54.7 Å². The van der Waals surface area contributed by atoms with Crippen LogP contribution in [-0.2, 0) is 5.41 Å². The average molecular weight is 432 g/mol. The van der Waals surface area contributed by atoms with E-state index in [9.17, 15) is 22.7 Å². The van der Waals surface area contributed by atoms with Gasteiger partial charge in [0, 0.05) is 35.2 Å². The highest BCUT2D eigenvalue weighted by molar-refractivity contribution is 5.91. The molecule has 1 unspecified atom stereocenters. The monoisotopic (exact) mass is 432 g/mol. The molecule has 0 bridgehead atoms. The fourth-order valence-corrected chi connectivity index (χ4v) is 3.90. The van der Waals surface area contributed by atoms with Crippen molar-refractivity contribution in [3.63, 3.8) is 0 Å². The fraction of sp³-hybridized carbons (Fsp3) is 0.304. The second-order valence-corrected chi connectivity index (χ2v) is 7.83. The van der Waals surface area contributed by atoms with E-state index in [1.54, 1.807) is 36.5 Å². The second-order valence-electron chi connectivity index (χ2n) is 7.83. The van der Waals surface area contributed by atoms with Gasteiger partial charge in [-0.2, -0.15) is 13.2 Å². The van der Waals surface area contributed by atoms with Crippen LogP contribution in [0.5, 0.6) is 5.75 Å². The summed E-state index contributed by atoms with van der Waals surface area (Å²) >= 11 is 0. The van der Waals surface area contributed by atoms with E-state index in [1.165, 1.54) is 25.3 Å². The van der Waals surface area contributed by atoms with E-state index in [4.69, 9.17) is 4.74 Å². The first kappa shape index (κ1) is 21.2. The molecule has 31 heavy (non-hydrogen) atoms. The smallest absolute Gasteiger partial charge is 0.422 e. The van der Waals surface area contributed by atoms with Gasteiger partial charge >= 0.3 is 6.18 Å². The third-order valence-electron chi connectivity index (χ3n) is 5.73. The first-order valence-electron chi connectivity index (χ1n) is 9.70. The van der Waals surface area contributed by atoms with Gasteiger partial charge in [-0.3, -0.25) is 9.98 Å². The van der Waals surface area contributed by atoms with Crippen molar-refractivity contribution in [2.45, 2.75) is 36.5 Å². The van der Waals surface area contributed by atoms with Crippen LogP contribution in [0.15, 0.2) is 59.7 Å². The Morgan fingerprint density at radius 3 is 2.61 bits per heavy atom. The number of methoxy groups -OCH3 is 1. The van der Waals surface area contributed by atoms with Crippen LogP contribution >= 0.6 is 0 Å². The quantitative estimate of drug-likeness (QED) is 0.413. The molecule has 1 aliphatic rings. The normalized spacial score (nSPS) is 17.6. The van der Waals surface area contributed by atoms with Crippen molar-refractivity contribution in [1.82, 2.24) is 4.98 Å². The standard InChI is InChI=1S/C23H20F4N2O2/c1-31-20-8-7-15(24)12-17(20)21(9-10-21)13-22(30,23(25,26)27)14-29-19-6-2-5-18-16(19)4-3-11-28-18/h2-8,11-12,14,30H,9-10,13H2,1H3/b29-14-. The first-order valence-corrected chi connectivity index (χ1v) is 9.70. The molecule has 1 atom stereocenters. The summed E-state index contributed by atoms with van der Waals surface area (Å²) in [5.41, 5.74) is -3.09. The maximum atomic E-state index is 14.0. The molecular weight excluding hydrogens is 412 g/mol. The van der Waals surface area contributed by atoms with Crippen LogP contribution in [0.3, 0.4) is 0 Å². The van der Waals surface area contributed by atoms with Gasteiger partial charge in [-0.05, 0) is 55.3 Å². The lowest BCUT2D eigenvalue weighted by Gasteiger charge is -2.31. The summed E-state index contributed by atoms with van der Waals surface area (Å²) in [7, 11) is 1.37. The summed E-state index contributed by atoms with van der Waals surface area (Å²) in [6, 6.07) is 12.0. The van der Waals surface area contributed by atoms with Crippen LogP contribution in [0.4, 0.5) is 23.2 Å². The summed E-state index contributed by atoms with van der Waals surface area (Å²) in [6.45, 7) is 0. The molecule has 1 saturated carbocycles. The number of alkyl halides is 3. The van der Waals surface area contributed by atoms with E-state index in [0.29, 0.717) is 41.3 Å². The number of pyridine rings is 1. The van der Waals surface area contributed by atoms with Crippen LogP contribution < -0.4 is 4.74 Å². The summed E-state index contributed by atoms with van der Waals surface area (Å²) in [5.74, 6) is -0.282. The molecule has 2 aromatic carbocycles. The predicted molar refractivity (Wildman–Crippen MR) is 109 cm³/mol. The Labute approximate surface area is 176 Å². The second kappa shape index (κ2) is 7.60. The number of rotatable bonds is 6. The largest absolute Gasteiger partial charge is 0.496 e. The number of fused-ring (bicyclic) bond motifs is 1. The molecule has 0 spiro atoms. The molecule has 1 N–H and O–H groups in total. The highest BCUT2D eigenvalue weighted by Gasteiger charge is 2.60. The molecular formula is C23H20F4N2O2. The van der Waals surface area contributed by atoms with Crippen molar-refractivity contribution in [2.75, 3.05) is 7.11 Å². The van der Waals surface area contributed by atoms with Gasteiger partial charge in [0.15, 0.2) is 5.60 Å². The highest BCUT2D eigenvalue weighted by Crippen LogP contribution is 2.57. The summed E-state index contributed by atoms with van der Waals surface area (Å²) in [4.78, 5) is 8.16. The molecule has 0 amide bonds. The third kappa shape index (κ3) is 3.99. The Kier molecular flexibility index (Phi) is 5.21. The SMILES string of the molecule is COc1ccc(F)cc1C1(CC(O)(/C=N\c2cccc3ncccc23)C(F)(F)F)CC1. The van der Waals surface area contributed by atoms with Crippen molar-refractivity contribution in [2.24, 2.45) is 4.99 Å². The van der Waals surface area contributed by atoms with Crippen molar-refractivity contribution < 1.29 is 27.4 Å². The minimum absolute atomic E-state index is 0.265. The zero-order valence-corrected chi connectivity index (χ0v) is 16.7. The van der Waals surface area contributed by atoms with Gasteiger partial charge in [0.1, 0.15) is 11.6 Å². The van der Waals surface area contributed by atoms with E-state index >= 15 is 0 Å². The number of hydrogen-bond acceptors (Lipinski definition) is 4. The first-order chi connectivity index (χ1) is 14.7. The molecule has 0 saturated heterocycles. The van der Waals surface area contributed by atoms with Crippen LogP contribution in [-0.4, -0.2) is 35.2 Å². The lowest BCUT2D eigenvalue weighted by Crippen LogP contribution is -2.49. The number of aliphatic hydroxyl groups is 1. The van der Waals surface area contributed by atoms with E-state index < -0.39 is 29.4 Å². The van der Waals surface area contributed by atoms with E-state index in [-0.39, 0.29) is 5.69 Å². The Hall–Kier alpha value is -3.00. The molecule has 1 aliphatic carbocycles. The number of halogens is 4. The van der Waals surface area contributed by atoms with Crippen molar-refractivity contribution in [3.05, 3.63) is 66.1 Å². The molecule has 4 nitrogen and oxygen atoms in total. The molecule has 4 rings (SSSR count). The number of ether oxygens (including phenoxy) is 1. The summed E-state index contributed by atoms with van der Waals surface area (Å²) in [5, 5.41) is 11.3. The molecule has 0 radical (unpaired) electrons. The van der Waals surface area contributed by atoms with Crippen molar-refractivity contribution >= 4 is 22.8 Å². The molecule has 1 fully saturated rings. The minimum Gasteiger partial charge on any atom is -0.496 e. The lowest BCUT2D eigenvalue weighted by atomic mass is 9.82. The predicted octanol–water partition coefficient (Wildman–Crippen LogP) is 5.50. The van der Waals surface area contributed by atoms with Crippen LogP contribution in [0.1, 0.15) is 24.8 Å². The maximum Gasteiger partial charge on any atom is 0.422 e. The van der Waals surface area contributed by atoms with Gasteiger partial charge in [-0.25, -0.2) is 4.39 Å². The lowest BCUT2D eigenvalue weighted by molar-refractivity contribution is -0.233. The third-order valence-corrected chi connectivity index (χ3v) is 5.73. The number of aromatic nitrogens is 1. The minimum atomic E-state index is -4.98. The summed E-state index contributed by atoms with van der Waals surface area (Å²) in [6.07, 6.45) is -2.80. The summed E-state index contributed by atoms with van der Waals surface area (Å²) < 4.78 is 61.1. The van der Waals surface area contributed by atoms with Crippen LogP contribution in [0.25, 0.3) is 10.9 Å². The molecule has 8 heteroatoms. The number of benzene rings is 2. The highest BCUT2D eigenvalue weighted by atomic mass is 19.4. The number of hydrogen-bond donors (Lipinski definition) is 1. The van der Waals surface area contributed by atoms with E-state index in [1.807, 2.05) is 0 Å². The number of aliphatic imine (C=N–C) groups is 1. The Morgan fingerprint density at radius 2 is 1.94 bits per heavy atom. The Balaban J connectivity index is 1.73. The van der Waals surface area contributed by atoms with Gasteiger partial charge < -0.3 is 9.84 Å². The molecule has 0 aliphatic heterocycles. The molecule has 1 heterocycles. The van der Waals surface area contributed by atoms with Crippen LogP contribution in [0, 0.1) is 5.82 Å². The maximum absolute atomic E-state index is 14.0. The average Bonchev–Trinajstić information content (AvgIpc) is 3.51.